The van der Waals surface area contributed by atoms with E-state index in [1.807, 2.05) is 20.8 Å². The molecule has 0 spiro atoms. The quantitative estimate of drug-likeness (QED) is 0.859. The van der Waals surface area contributed by atoms with Crippen LogP contribution in [0.1, 0.15) is 19.4 Å². The van der Waals surface area contributed by atoms with Crippen molar-refractivity contribution in [3.8, 4) is 0 Å². The highest BCUT2D eigenvalue weighted by Crippen LogP contribution is 2.24. The molecule has 2 aromatic rings. The number of hydrogen-bond acceptors (Lipinski definition) is 3. The Morgan fingerprint density at radius 3 is 2.62 bits per heavy atom. The molecule has 0 fully saturated rings. The number of sulfonamides is 1. The van der Waals surface area contributed by atoms with Gasteiger partial charge in [-0.1, -0.05) is 19.9 Å². The van der Waals surface area contributed by atoms with Crippen LogP contribution in [0.4, 0.5) is 0 Å². The lowest BCUT2D eigenvalue weighted by Gasteiger charge is -2.20. The molecule has 0 aliphatic rings. The van der Waals surface area contributed by atoms with Crippen LogP contribution in [0.5, 0.6) is 0 Å². The van der Waals surface area contributed by atoms with E-state index < -0.39 is 10.0 Å². The number of halogens is 1. The Morgan fingerprint density at radius 2 is 2.00 bits per heavy atom. The van der Waals surface area contributed by atoms with E-state index in [0.29, 0.717) is 10.9 Å². The Morgan fingerprint density at radius 1 is 1.29 bits per heavy atom. The summed E-state index contributed by atoms with van der Waals surface area (Å²) in [5, 5.41) is 0.627. The number of hydrogen-bond donors (Lipinski definition) is 1. The fourth-order valence-electron chi connectivity index (χ4n) is 2.13. The Bertz CT molecular complexity index is 744. The van der Waals surface area contributed by atoms with Gasteiger partial charge in [0.1, 0.15) is 0 Å². The fraction of sp³-hybridized carbons (Fsp3) is 0.400. The van der Waals surface area contributed by atoms with Crippen LogP contribution in [0.15, 0.2) is 35.4 Å². The average molecular weight is 327 g/mol. The van der Waals surface area contributed by atoms with Crippen molar-refractivity contribution in [1.82, 2.24) is 9.71 Å². The van der Waals surface area contributed by atoms with Crippen molar-refractivity contribution in [2.24, 2.45) is 5.92 Å². The van der Waals surface area contributed by atoms with E-state index in [1.54, 1.807) is 30.5 Å². The lowest BCUT2D eigenvalue weighted by atomic mass is 10.1. The Hall–Kier alpha value is -1.17. The first kappa shape index (κ1) is 16.2. The number of aromatic nitrogens is 1. The van der Waals surface area contributed by atoms with Crippen LogP contribution in [-0.2, 0) is 10.0 Å². The van der Waals surface area contributed by atoms with Gasteiger partial charge in [-0.15, -0.1) is 11.6 Å². The number of pyridine rings is 1. The van der Waals surface area contributed by atoms with Gasteiger partial charge in [-0.25, -0.2) is 13.1 Å². The molecular weight excluding hydrogens is 308 g/mol. The molecule has 1 aromatic heterocycles. The zero-order valence-corrected chi connectivity index (χ0v) is 13.9. The molecule has 0 aliphatic heterocycles. The maximum absolute atomic E-state index is 12.6. The number of rotatable bonds is 5. The molecule has 114 valence electrons. The average Bonchev–Trinajstić information content (AvgIpc) is 2.45. The van der Waals surface area contributed by atoms with Crippen molar-refractivity contribution in [3.63, 3.8) is 0 Å². The highest BCUT2D eigenvalue weighted by atomic mass is 35.5. The zero-order valence-electron chi connectivity index (χ0n) is 12.3. The van der Waals surface area contributed by atoms with Gasteiger partial charge in [0.2, 0.25) is 10.0 Å². The Labute approximate surface area is 130 Å². The minimum Gasteiger partial charge on any atom is -0.256 e. The van der Waals surface area contributed by atoms with E-state index in [4.69, 9.17) is 11.6 Å². The molecule has 0 bridgehead atoms. The summed E-state index contributed by atoms with van der Waals surface area (Å²) in [6, 6.07) is 6.60. The normalized spacial score (nSPS) is 13.8. The second kappa shape index (κ2) is 6.30. The highest BCUT2D eigenvalue weighted by molar-refractivity contribution is 7.89. The fourth-order valence-corrected chi connectivity index (χ4v) is 4.24. The summed E-state index contributed by atoms with van der Waals surface area (Å²) in [5.74, 6) is 0.353. The number of benzene rings is 1. The molecule has 0 amide bonds. The first-order valence-electron chi connectivity index (χ1n) is 6.79. The van der Waals surface area contributed by atoms with Crippen molar-refractivity contribution in [3.05, 3.63) is 36.0 Å². The van der Waals surface area contributed by atoms with Crippen molar-refractivity contribution >= 4 is 32.5 Å². The molecule has 21 heavy (non-hydrogen) atoms. The summed E-state index contributed by atoms with van der Waals surface area (Å²) in [4.78, 5) is 4.51. The van der Waals surface area contributed by atoms with E-state index >= 15 is 0 Å². The first-order chi connectivity index (χ1) is 9.86. The lowest BCUT2D eigenvalue weighted by Crippen LogP contribution is -2.39. The molecule has 0 aliphatic carbocycles. The predicted molar refractivity (Wildman–Crippen MR) is 86.1 cm³/mol. The molecule has 1 N–H and O–H groups in total. The first-order valence-corrected chi connectivity index (χ1v) is 8.81. The van der Waals surface area contributed by atoms with Crippen LogP contribution in [0.25, 0.3) is 10.9 Å². The number of alkyl halides is 1. The molecule has 1 heterocycles. The van der Waals surface area contributed by atoms with E-state index in [-0.39, 0.29) is 22.7 Å². The minimum absolute atomic E-state index is 0.118. The van der Waals surface area contributed by atoms with Gasteiger partial charge in [-0.05, 0) is 36.6 Å². The summed E-state index contributed by atoms with van der Waals surface area (Å²) in [7, 11) is -3.63. The van der Waals surface area contributed by atoms with Gasteiger partial charge in [0, 0.05) is 23.5 Å². The Kier molecular flexibility index (Phi) is 4.86. The van der Waals surface area contributed by atoms with Gasteiger partial charge >= 0.3 is 0 Å². The Balaban J connectivity index is 2.53. The summed E-state index contributed by atoms with van der Waals surface area (Å²) < 4.78 is 28.0. The largest absolute Gasteiger partial charge is 0.256 e. The summed E-state index contributed by atoms with van der Waals surface area (Å²) in [6.07, 6.45) is 1.66. The van der Waals surface area contributed by atoms with Gasteiger partial charge < -0.3 is 0 Å². The van der Waals surface area contributed by atoms with Crippen molar-refractivity contribution in [1.29, 1.82) is 0 Å². The SMILES string of the molecule is Cc1ccc(S(=O)(=O)NC(CCl)C(C)C)c2cccnc12. The maximum Gasteiger partial charge on any atom is 0.241 e. The third-order valence-corrected chi connectivity index (χ3v) is 5.38. The molecule has 6 heteroatoms. The number of nitrogens with zero attached hydrogens (tertiary/aromatic N) is 1. The second-order valence-corrected chi connectivity index (χ2v) is 7.40. The second-order valence-electron chi connectivity index (χ2n) is 5.41. The molecule has 0 radical (unpaired) electrons. The third kappa shape index (κ3) is 3.36. The molecule has 1 aromatic carbocycles. The molecule has 2 rings (SSSR count). The van der Waals surface area contributed by atoms with Crippen LogP contribution in [0.2, 0.25) is 0 Å². The smallest absolute Gasteiger partial charge is 0.241 e. The standard InChI is InChI=1S/C15H19ClN2O2S/c1-10(2)13(9-16)18-21(19,20)14-7-6-11(3)15-12(14)5-4-8-17-15/h4-8,10,13,18H,9H2,1-3H3. The van der Waals surface area contributed by atoms with Gasteiger partial charge in [-0.3, -0.25) is 4.98 Å². The van der Waals surface area contributed by atoms with Crippen molar-refractivity contribution in [2.75, 3.05) is 5.88 Å². The molecule has 0 saturated heterocycles. The van der Waals surface area contributed by atoms with Crippen LogP contribution >= 0.6 is 11.6 Å². The molecule has 1 unspecified atom stereocenters. The number of fused-ring (bicyclic) bond motifs is 1. The monoisotopic (exact) mass is 326 g/mol. The van der Waals surface area contributed by atoms with Gasteiger partial charge in [-0.2, -0.15) is 0 Å². The molecule has 0 saturated carbocycles. The van der Waals surface area contributed by atoms with Crippen molar-refractivity contribution < 1.29 is 8.42 Å². The van der Waals surface area contributed by atoms with E-state index in [2.05, 4.69) is 9.71 Å². The van der Waals surface area contributed by atoms with Crippen LogP contribution < -0.4 is 4.72 Å². The summed E-state index contributed by atoms with van der Waals surface area (Å²) in [6.45, 7) is 5.78. The number of aryl methyl sites for hydroxylation is 1. The third-order valence-electron chi connectivity index (χ3n) is 3.50. The lowest BCUT2D eigenvalue weighted by molar-refractivity contribution is 0.480. The van der Waals surface area contributed by atoms with Crippen LogP contribution in [-0.4, -0.2) is 25.3 Å². The van der Waals surface area contributed by atoms with Gasteiger partial charge in [0.15, 0.2) is 0 Å². The summed E-state index contributed by atoms with van der Waals surface area (Å²) >= 11 is 5.86. The maximum atomic E-state index is 12.6. The molecule has 4 nitrogen and oxygen atoms in total. The van der Waals surface area contributed by atoms with Crippen LogP contribution in [0, 0.1) is 12.8 Å². The summed E-state index contributed by atoms with van der Waals surface area (Å²) in [5.41, 5.74) is 1.65. The minimum atomic E-state index is -3.63. The van der Waals surface area contributed by atoms with E-state index in [0.717, 1.165) is 5.56 Å². The van der Waals surface area contributed by atoms with E-state index in [9.17, 15) is 8.42 Å². The topological polar surface area (TPSA) is 59.1 Å². The van der Waals surface area contributed by atoms with Gasteiger partial charge in [0.25, 0.3) is 0 Å². The predicted octanol–water partition coefficient (Wildman–Crippen LogP) is 3.08. The number of nitrogens with one attached hydrogen (secondary N) is 1. The van der Waals surface area contributed by atoms with Crippen LogP contribution in [0.3, 0.4) is 0 Å². The molecule has 1 atom stereocenters. The van der Waals surface area contributed by atoms with Crippen molar-refractivity contribution in [2.45, 2.75) is 31.7 Å². The highest BCUT2D eigenvalue weighted by Gasteiger charge is 2.24. The van der Waals surface area contributed by atoms with E-state index in [1.165, 1.54) is 0 Å². The van der Waals surface area contributed by atoms with Gasteiger partial charge in [0.05, 0.1) is 10.4 Å². The zero-order chi connectivity index (χ0) is 15.6. The molecular formula is C15H19ClN2O2S.